The maximum atomic E-state index is 13.4. The summed E-state index contributed by atoms with van der Waals surface area (Å²) in [5.74, 6) is -1.35. The quantitative estimate of drug-likeness (QED) is 0.830. The first-order valence-electron chi connectivity index (χ1n) is 5.64. The second-order valence-electron chi connectivity index (χ2n) is 4.13. The molecule has 17 heavy (non-hydrogen) atoms. The van der Waals surface area contributed by atoms with Crippen LogP contribution >= 0.6 is 0 Å². The van der Waals surface area contributed by atoms with Gasteiger partial charge in [-0.2, -0.15) is 0 Å². The molecule has 1 fully saturated rings. The van der Waals surface area contributed by atoms with Crippen LogP contribution in [0.25, 0.3) is 0 Å². The maximum Gasteiger partial charge on any atom is 0.222 e. The Hall–Kier alpha value is -1.65. The fourth-order valence-electron chi connectivity index (χ4n) is 1.94. The molecule has 0 bridgehead atoms. The van der Waals surface area contributed by atoms with Gasteiger partial charge in [-0.3, -0.25) is 4.79 Å². The molecule has 1 aromatic rings. The van der Waals surface area contributed by atoms with Crippen LogP contribution in [0.2, 0.25) is 0 Å². The van der Waals surface area contributed by atoms with Crippen LogP contribution in [0.15, 0.2) is 18.2 Å². The number of carbonyl (C=O) groups is 1. The highest BCUT2D eigenvalue weighted by molar-refractivity contribution is 5.77. The van der Waals surface area contributed by atoms with E-state index in [1.165, 1.54) is 18.2 Å². The molecular formula is C12H14F2N2O. The molecule has 2 N–H and O–H groups in total. The Labute approximate surface area is 98.2 Å². The van der Waals surface area contributed by atoms with Gasteiger partial charge < -0.3 is 10.6 Å². The topological polar surface area (TPSA) is 41.1 Å². The third-order valence-electron chi connectivity index (χ3n) is 2.79. The average Bonchev–Trinajstić information content (AvgIpc) is 2.48. The summed E-state index contributed by atoms with van der Waals surface area (Å²) >= 11 is 0. The van der Waals surface area contributed by atoms with E-state index in [0.29, 0.717) is 13.0 Å². The first-order chi connectivity index (χ1) is 8.16. The summed E-state index contributed by atoms with van der Waals surface area (Å²) in [5.41, 5.74) is -0.146. The Morgan fingerprint density at radius 2 is 2.00 bits per heavy atom. The van der Waals surface area contributed by atoms with E-state index in [0.717, 1.165) is 6.42 Å². The third-order valence-corrected chi connectivity index (χ3v) is 2.79. The minimum absolute atomic E-state index is 0.0863. The number of anilines is 1. The van der Waals surface area contributed by atoms with Gasteiger partial charge in [0.2, 0.25) is 5.91 Å². The van der Waals surface area contributed by atoms with Gasteiger partial charge in [0, 0.05) is 19.0 Å². The molecule has 1 unspecified atom stereocenters. The Morgan fingerprint density at radius 1 is 1.29 bits per heavy atom. The predicted molar refractivity (Wildman–Crippen MR) is 60.6 cm³/mol. The standard InChI is InChI=1S/C12H14F2N2O/c13-9-4-1-5-10(14)12(9)16-8-3-2-6-15-11(17)7-8/h1,4-5,8,16H,2-3,6-7H2,(H,15,17). The zero-order valence-corrected chi connectivity index (χ0v) is 9.30. The Kier molecular flexibility index (Phi) is 3.56. The molecule has 1 aliphatic rings. The molecule has 1 atom stereocenters. The largest absolute Gasteiger partial charge is 0.377 e. The van der Waals surface area contributed by atoms with Crippen molar-refractivity contribution < 1.29 is 13.6 Å². The molecule has 1 saturated heterocycles. The lowest BCUT2D eigenvalue weighted by Crippen LogP contribution is -2.27. The van der Waals surface area contributed by atoms with E-state index in [4.69, 9.17) is 0 Å². The summed E-state index contributed by atoms with van der Waals surface area (Å²) in [5, 5.41) is 5.50. The smallest absolute Gasteiger partial charge is 0.222 e. The molecule has 0 saturated carbocycles. The number of halogens is 2. The molecule has 0 aliphatic carbocycles. The molecule has 0 radical (unpaired) electrons. The molecule has 1 aliphatic heterocycles. The van der Waals surface area contributed by atoms with E-state index in [2.05, 4.69) is 10.6 Å². The zero-order chi connectivity index (χ0) is 12.3. The van der Waals surface area contributed by atoms with E-state index in [-0.39, 0.29) is 24.1 Å². The van der Waals surface area contributed by atoms with Gasteiger partial charge in [0.1, 0.15) is 17.3 Å². The van der Waals surface area contributed by atoms with Gasteiger partial charge in [0.05, 0.1) is 0 Å². The highest BCUT2D eigenvalue weighted by Crippen LogP contribution is 2.21. The molecule has 92 valence electrons. The van der Waals surface area contributed by atoms with Gasteiger partial charge in [-0.05, 0) is 25.0 Å². The van der Waals surface area contributed by atoms with Gasteiger partial charge in [0.25, 0.3) is 0 Å². The summed E-state index contributed by atoms with van der Waals surface area (Å²) in [6.07, 6.45) is 1.76. The van der Waals surface area contributed by atoms with Gasteiger partial charge >= 0.3 is 0 Å². The Balaban J connectivity index is 2.11. The van der Waals surface area contributed by atoms with Crippen LogP contribution in [0, 0.1) is 11.6 Å². The molecule has 3 nitrogen and oxygen atoms in total. The monoisotopic (exact) mass is 240 g/mol. The van der Waals surface area contributed by atoms with Gasteiger partial charge in [-0.15, -0.1) is 0 Å². The van der Waals surface area contributed by atoms with Crippen LogP contribution in [0.4, 0.5) is 14.5 Å². The number of hydrogen-bond donors (Lipinski definition) is 2. The van der Waals surface area contributed by atoms with Crippen LogP contribution in [-0.2, 0) is 4.79 Å². The molecule has 1 heterocycles. The molecule has 2 rings (SSSR count). The summed E-state index contributed by atoms with van der Waals surface area (Å²) in [6, 6.07) is 3.49. The van der Waals surface area contributed by atoms with Crippen molar-refractivity contribution in [1.29, 1.82) is 0 Å². The van der Waals surface area contributed by atoms with Gasteiger partial charge in [-0.1, -0.05) is 6.07 Å². The molecule has 0 aromatic heterocycles. The summed E-state index contributed by atoms with van der Waals surface area (Å²) < 4.78 is 26.8. The minimum Gasteiger partial charge on any atom is -0.377 e. The van der Waals surface area contributed by atoms with Crippen LogP contribution in [0.1, 0.15) is 19.3 Å². The second kappa shape index (κ2) is 5.12. The first-order valence-corrected chi connectivity index (χ1v) is 5.64. The lowest BCUT2D eigenvalue weighted by Gasteiger charge is -2.17. The van der Waals surface area contributed by atoms with Crippen LogP contribution in [0.5, 0.6) is 0 Å². The van der Waals surface area contributed by atoms with Crippen molar-refractivity contribution in [3.05, 3.63) is 29.8 Å². The van der Waals surface area contributed by atoms with Crippen molar-refractivity contribution >= 4 is 11.6 Å². The highest BCUT2D eigenvalue weighted by atomic mass is 19.1. The molecular weight excluding hydrogens is 226 g/mol. The number of rotatable bonds is 2. The van der Waals surface area contributed by atoms with Crippen molar-refractivity contribution in [3.63, 3.8) is 0 Å². The zero-order valence-electron chi connectivity index (χ0n) is 9.30. The van der Waals surface area contributed by atoms with Gasteiger partial charge in [0.15, 0.2) is 0 Å². The third kappa shape index (κ3) is 2.93. The lowest BCUT2D eigenvalue weighted by atomic mass is 10.1. The average molecular weight is 240 g/mol. The summed E-state index contributed by atoms with van der Waals surface area (Å²) in [4.78, 5) is 11.3. The van der Waals surface area contributed by atoms with E-state index in [1.807, 2.05) is 0 Å². The highest BCUT2D eigenvalue weighted by Gasteiger charge is 2.19. The van der Waals surface area contributed by atoms with E-state index in [9.17, 15) is 13.6 Å². The fraction of sp³-hybridized carbons (Fsp3) is 0.417. The number of carbonyl (C=O) groups excluding carboxylic acids is 1. The second-order valence-corrected chi connectivity index (χ2v) is 4.13. The number of nitrogens with one attached hydrogen (secondary N) is 2. The van der Waals surface area contributed by atoms with E-state index < -0.39 is 11.6 Å². The van der Waals surface area contributed by atoms with Gasteiger partial charge in [-0.25, -0.2) is 8.78 Å². The lowest BCUT2D eigenvalue weighted by molar-refractivity contribution is -0.120. The normalized spacial score (nSPS) is 20.6. The number of benzene rings is 1. The van der Waals surface area contributed by atoms with Crippen molar-refractivity contribution in [2.45, 2.75) is 25.3 Å². The number of hydrogen-bond acceptors (Lipinski definition) is 2. The van der Waals surface area contributed by atoms with Crippen molar-refractivity contribution in [1.82, 2.24) is 5.32 Å². The van der Waals surface area contributed by atoms with Crippen molar-refractivity contribution in [2.24, 2.45) is 0 Å². The summed E-state index contributed by atoms with van der Waals surface area (Å²) in [7, 11) is 0. The van der Waals surface area contributed by atoms with E-state index >= 15 is 0 Å². The van der Waals surface area contributed by atoms with Crippen LogP contribution in [-0.4, -0.2) is 18.5 Å². The molecule has 1 aromatic carbocycles. The number of para-hydroxylation sites is 1. The Morgan fingerprint density at radius 3 is 2.71 bits per heavy atom. The number of amides is 1. The van der Waals surface area contributed by atoms with E-state index in [1.54, 1.807) is 0 Å². The SMILES string of the molecule is O=C1CC(Nc2c(F)cccc2F)CCCN1. The fourth-order valence-corrected chi connectivity index (χ4v) is 1.94. The maximum absolute atomic E-state index is 13.4. The van der Waals surface area contributed by atoms with Crippen LogP contribution < -0.4 is 10.6 Å². The molecule has 0 spiro atoms. The van der Waals surface area contributed by atoms with Crippen molar-refractivity contribution in [2.75, 3.05) is 11.9 Å². The van der Waals surface area contributed by atoms with Crippen LogP contribution in [0.3, 0.4) is 0 Å². The molecule has 1 amide bonds. The first kappa shape index (κ1) is 11.8. The summed E-state index contributed by atoms with van der Waals surface area (Å²) in [6.45, 7) is 0.622. The molecule has 5 heteroatoms. The minimum atomic E-state index is -0.630. The Bertz CT molecular complexity index is 403. The predicted octanol–water partition coefficient (Wildman–Crippen LogP) is 2.05. The van der Waals surface area contributed by atoms with Crippen molar-refractivity contribution in [3.8, 4) is 0 Å².